The molecule has 0 saturated carbocycles. The minimum absolute atomic E-state index is 0. The van der Waals surface area contributed by atoms with Gasteiger partial charge in [-0.15, -0.1) is 35.3 Å². The molecule has 2 heterocycles. The van der Waals surface area contributed by atoms with Crippen molar-refractivity contribution in [2.24, 2.45) is 4.99 Å². The smallest absolute Gasteiger partial charge is 0.191 e. The lowest BCUT2D eigenvalue weighted by Gasteiger charge is -2.14. The molecule has 1 aromatic carbocycles. The molecule has 0 spiro atoms. The molecule has 2 N–H and O–H groups in total. The van der Waals surface area contributed by atoms with E-state index in [0.29, 0.717) is 13.1 Å². The van der Waals surface area contributed by atoms with Crippen molar-refractivity contribution in [1.82, 2.24) is 25.2 Å². The summed E-state index contributed by atoms with van der Waals surface area (Å²) in [5.74, 6) is 0.756. The molecule has 0 saturated heterocycles. The van der Waals surface area contributed by atoms with E-state index in [2.05, 4.69) is 44.7 Å². The first-order chi connectivity index (χ1) is 12.2. The van der Waals surface area contributed by atoms with E-state index < -0.39 is 0 Å². The van der Waals surface area contributed by atoms with Crippen molar-refractivity contribution in [3.63, 3.8) is 0 Å². The number of halogens is 1. The van der Waals surface area contributed by atoms with E-state index in [1.54, 1.807) is 30.9 Å². The quantitative estimate of drug-likeness (QED) is 0.332. The van der Waals surface area contributed by atoms with Gasteiger partial charge in [0.2, 0.25) is 0 Å². The molecule has 0 radical (unpaired) electrons. The lowest BCUT2D eigenvalue weighted by Crippen LogP contribution is -2.36. The Labute approximate surface area is 174 Å². The molecular weight excluding hydrogens is 459 g/mol. The predicted octanol–water partition coefficient (Wildman–Crippen LogP) is 3.43. The number of imidazole rings is 1. The fourth-order valence-electron chi connectivity index (χ4n) is 2.49. The van der Waals surface area contributed by atoms with Gasteiger partial charge in [-0.2, -0.15) is 0 Å². The summed E-state index contributed by atoms with van der Waals surface area (Å²) in [6.45, 7) is 5.47. The second-order valence-corrected chi connectivity index (χ2v) is 6.91. The first-order valence-electron chi connectivity index (χ1n) is 8.11. The summed E-state index contributed by atoms with van der Waals surface area (Å²) in [7, 11) is 1.77. The second-order valence-electron chi connectivity index (χ2n) is 5.63. The van der Waals surface area contributed by atoms with Gasteiger partial charge in [0.15, 0.2) is 5.96 Å². The summed E-state index contributed by atoms with van der Waals surface area (Å²) in [5.41, 5.74) is 3.37. The molecule has 0 fully saturated rings. The van der Waals surface area contributed by atoms with Crippen molar-refractivity contribution in [3.05, 3.63) is 64.1 Å². The van der Waals surface area contributed by atoms with Gasteiger partial charge in [-0.25, -0.2) is 9.97 Å². The van der Waals surface area contributed by atoms with Crippen LogP contribution >= 0.6 is 35.3 Å². The van der Waals surface area contributed by atoms with Crippen LogP contribution in [0.4, 0.5) is 0 Å². The predicted molar refractivity (Wildman–Crippen MR) is 118 cm³/mol. The Bertz CT molecular complexity index is 837. The van der Waals surface area contributed by atoms with Gasteiger partial charge in [0.05, 0.1) is 24.3 Å². The van der Waals surface area contributed by atoms with Crippen molar-refractivity contribution in [1.29, 1.82) is 0 Å². The number of rotatable bonds is 5. The third-order valence-corrected chi connectivity index (χ3v) is 5.00. The van der Waals surface area contributed by atoms with Crippen LogP contribution in [0.2, 0.25) is 0 Å². The van der Waals surface area contributed by atoms with Gasteiger partial charge in [0.1, 0.15) is 5.01 Å². The average molecular weight is 482 g/mol. The third-order valence-electron chi connectivity index (χ3n) is 3.92. The Kier molecular flexibility index (Phi) is 7.58. The van der Waals surface area contributed by atoms with E-state index in [0.717, 1.165) is 22.3 Å². The molecule has 0 aliphatic carbocycles. The van der Waals surface area contributed by atoms with Crippen LogP contribution < -0.4 is 10.6 Å². The van der Waals surface area contributed by atoms with Crippen LogP contribution in [-0.2, 0) is 13.1 Å². The summed E-state index contributed by atoms with van der Waals surface area (Å²) in [5, 5.41) is 7.75. The maximum Gasteiger partial charge on any atom is 0.191 e. The fraction of sp³-hybridized carbons (Fsp3) is 0.278. The molecule has 0 aliphatic heterocycles. The molecule has 3 aromatic rings. The van der Waals surface area contributed by atoms with Gasteiger partial charge in [-0.05, 0) is 25.5 Å². The van der Waals surface area contributed by atoms with E-state index in [9.17, 15) is 0 Å². The monoisotopic (exact) mass is 482 g/mol. The Morgan fingerprint density at radius 3 is 2.62 bits per heavy atom. The summed E-state index contributed by atoms with van der Waals surface area (Å²) in [6.07, 6.45) is 5.53. The maximum atomic E-state index is 4.55. The molecule has 6 nitrogen and oxygen atoms in total. The van der Waals surface area contributed by atoms with Crippen LogP contribution in [0.25, 0.3) is 5.69 Å². The van der Waals surface area contributed by atoms with Gasteiger partial charge in [-0.1, -0.05) is 18.2 Å². The number of nitrogens with one attached hydrogen (secondary N) is 2. The van der Waals surface area contributed by atoms with E-state index >= 15 is 0 Å². The zero-order valence-corrected chi connectivity index (χ0v) is 18.2. The number of hydrogen-bond donors (Lipinski definition) is 2. The van der Waals surface area contributed by atoms with Crippen molar-refractivity contribution < 1.29 is 0 Å². The number of nitrogens with zero attached hydrogens (tertiary/aromatic N) is 4. The topological polar surface area (TPSA) is 67.1 Å². The number of aliphatic imine (C=N–C) groups is 1. The molecule has 0 amide bonds. The number of aryl methyl sites for hydroxylation is 2. The normalized spacial score (nSPS) is 11.1. The minimum Gasteiger partial charge on any atom is -0.352 e. The minimum atomic E-state index is 0. The Morgan fingerprint density at radius 1 is 1.19 bits per heavy atom. The molecule has 138 valence electrons. The lowest BCUT2D eigenvalue weighted by atomic mass is 10.1. The van der Waals surface area contributed by atoms with Crippen LogP contribution in [0, 0.1) is 13.8 Å². The van der Waals surface area contributed by atoms with Crippen LogP contribution in [0.5, 0.6) is 0 Å². The van der Waals surface area contributed by atoms with Crippen molar-refractivity contribution in [3.8, 4) is 5.69 Å². The maximum absolute atomic E-state index is 4.55. The first-order valence-corrected chi connectivity index (χ1v) is 8.92. The number of benzene rings is 1. The highest BCUT2D eigenvalue weighted by molar-refractivity contribution is 14.0. The highest BCUT2D eigenvalue weighted by atomic mass is 127. The van der Waals surface area contributed by atoms with Gasteiger partial charge in [-0.3, -0.25) is 4.99 Å². The van der Waals surface area contributed by atoms with Gasteiger partial charge >= 0.3 is 0 Å². The number of hydrogen-bond acceptors (Lipinski definition) is 4. The highest BCUT2D eigenvalue weighted by Crippen LogP contribution is 2.16. The standard InChI is InChI=1S/C18H22N6S.HI/c1-13-14(2)25-17(23-13)11-22-18(19-3)21-10-15-6-4-5-7-16(15)24-9-8-20-12-24;/h4-9,12H,10-11H2,1-3H3,(H2,19,21,22);1H. The number of guanidine groups is 1. The molecule has 2 aromatic heterocycles. The van der Waals surface area contributed by atoms with Crippen molar-refractivity contribution in [2.45, 2.75) is 26.9 Å². The molecule has 0 atom stereocenters. The molecule has 26 heavy (non-hydrogen) atoms. The van der Waals surface area contributed by atoms with Crippen LogP contribution in [0.1, 0.15) is 21.1 Å². The molecule has 0 unspecified atom stereocenters. The molecule has 0 aliphatic rings. The zero-order valence-electron chi connectivity index (χ0n) is 15.1. The average Bonchev–Trinajstić information content (AvgIpc) is 3.26. The van der Waals surface area contributed by atoms with Gasteiger partial charge < -0.3 is 15.2 Å². The first kappa shape index (κ1) is 20.4. The van der Waals surface area contributed by atoms with E-state index in [1.165, 1.54) is 10.4 Å². The zero-order chi connectivity index (χ0) is 17.6. The Hall–Kier alpha value is -1.94. The third kappa shape index (κ3) is 5.04. The number of para-hydroxylation sites is 1. The van der Waals surface area contributed by atoms with E-state index in [-0.39, 0.29) is 24.0 Å². The molecular formula is C18H23IN6S. The van der Waals surface area contributed by atoms with Crippen LogP contribution in [0.15, 0.2) is 48.0 Å². The van der Waals surface area contributed by atoms with Crippen molar-refractivity contribution in [2.75, 3.05) is 7.05 Å². The van der Waals surface area contributed by atoms with Crippen LogP contribution in [-0.4, -0.2) is 27.5 Å². The second kappa shape index (κ2) is 9.67. The van der Waals surface area contributed by atoms with Gasteiger partial charge in [0.25, 0.3) is 0 Å². The SMILES string of the molecule is CN=C(NCc1nc(C)c(C)s1)NCc1ccccc1-n1ccnc1.I. The Balaban J connectivity index is 0.00000243. The van der Waals surface area contributed by atoms with E-state index in [4.69, 9.17) is 0 Å². The molecule has 8 heteroatoms. The van der Waals surface area contributed by atoms with Gasteiger partial charge in [0, 0.05) is 30.9 Å². The Morgan fingerprint density at radius 2 is 1.96 bits per heavy atom. The number of thiazole rings is 1. The lowest BCUT2D eigenvalue weighted by molar-refractivity contribution is 0.799. The molecule has 3 rings (SSSR count). The largest absolute Gasteiger partial charge is 0.352 e. The fourth-order valence-corrected chi connectivity index (χ4v) is 3.36. The van der Waals surface area contributed by atoms with Crippen LogP contribution in [0.3, 0.4) is 0 Å². The summed E-state index contributed by atoms with van der Waals surface area (Å²) in [4.78, 5) is 14.2. The number of aromatic nitrogens is 3. The summed E-state index contributed by atoms with van der Waals surface area (Å²) >= 11 is 1.72. The highest BCUT2D eigenvalue weighted by Gasteiger charge is 2.07. The molecule has 0 bridgehead atoms. The summed E-state index contributed by atoms with van der Waals surface area (Å²) in [6, 6.07) is 8.24. The van der Waals surface area contributed by atoms with E-state index in [1.807, 2.05) is 29.8 Å². The van der Waals surface area contributed by atoms with Crippen molar-refractivity contribution >= 4 is 41.3 Å². The summed E-state index contributed by atoms with van der Waals surface area (Å²) < 4.78 is 2.01.